The van der Waals surface area contributed by atoms with Crippen LogP contribution in [-0.4, -0.2) is 21.7 Å². The molecule has 2 fully saturated rings. The molecule has 0 saturated heterocycles. The Morgan fingerprint density at radius 2 is 1.85 bits per heavy atom. The number of amides is 1. The molecule has 2 aliphatic carbocycles. The Morgan fingerprint density at radius 3 is 2.48 bits per heavy atom. The third kappa shape index (κ3) is 4.01. The number of hydrogen-bond acceptors (Lipinski definition) is 3. The molecule has 2 aliphatic rings. The molecule has 2 saturated carbocycles. The molecular weight excluding hydrogens is 367 g/mol. The molecule has 27 heavy (non-hydrogen) atoms. The summed E-state index contributed by atoms with van der Waals surface area (Å²) < 4.78 is 14.9. The molecule has 2 bridgehead atoms. The van der Waals surface area contributed by atoms with Crippen LogP contribution in [0.1, 0.15) is 37.8 Å². The van der Waals surface area contributed by atoms with E-state index in [1.165, 1.54) is 18.6 Å². The van der Waals surface area contributed by atoms with Gasteiger partial charge in [0, 0.05) is 18.0 Å². The first-order chi connectivity index (χ1) is 12.5. The molecule has 0 aliphatic heterocycles. The Labute approximate surface area is 164 Å². The van der Waals surface area contributed by atoms with Gasteiger partial charge in [-0.05, 0) is 68.7 Å². The summed E-state index contributed by atoms with van der Waals surface area (Å²) in [5.41, 5.74) is 7.86. The van der Waals surface area contributed by atoms with Crippen molar-refractivity contribution in [1.82, 2.24) is 9.78 Å². The molecule has 2 aromatic rings. The third-order valence-electron chi connectivity index (χ3n) is 5.94. The van der Waals surface area contributed by atoms with Crippen molar-refractivity contribution in [3.05, 3.63) is 41.8 Å². The minimum atomic E-state index is -0.298. The lowest BCUT2D eigenvalue weighted by Crippen LogP contribution is -2.48. The zero-order chi connectivity index (χ0) is 18.3. The lowest BCUT2D eigenvalue weighted by molar-refractivity contribution is -0.122. The van der Waals surface area contributed by atoms with Gasteiger partial charge in [0.2, 0.25) is 5.91 Å². The maximum atomic E-state index is 13.2. The van der Waals surface area contributed by atoms with E-state index in [0.29, 0.717) is 17.7 Å². The third-order valence-corrected chi connectivity index (χ3v) is 5.94. The molecule has 1 aromatic heterocycles. The number of nitrogens with one attached hydrogen (secondary N) is 1. The van der Waals surface area contributed by atoms with Crippen LogP contribution in [0.3, 0.4) is 0 Å². The SMILES string of the molecule is Cc1cc(NC(=O)C2CC3CCCC(C2)C3N)n(-c2ccc(F)cc2)n1.Cl. The van der Waals surface area contributed by atoms with Gasteiger partial charge in [-0.25, -0.2) is 9.07 Å². The number of carbonyl (C=O) groups excluding carboxylic acids is 1. The van der Waals surface area contributed by atoms with Gasteiger partial charge in [-0.2, -0.15) is 5.10 Å². The van der Waals surface area contributed by atoms with E-state index in [1.807, 2.05) is 13.0 Å². The first-order valence-electron chi connectivity index (χ1n) is 9.40. The number of hydrogen-bond donors (Lipinski definition) is 2. The lowest BCUT2D eigenvalue weighted by atomic mass is 9.65. The van der Waals surface area contributed by atoms with Gasteiger partial charge < -0.3 is 11.1 Å². The predicted molar refractivity (Wildman–Crippen MR) is 106 cm³/mol. The second kappa shape index (κ2) is 7.98. The molecule has 0 radical (unpaired) electrons. The number of benzene rings is 1. The highest BCUT2D eigenvalue weighted by Gasteiger charge is 2.40. The molecule has 5 nitrogen and oxygen atoms in total. The summed E-state index contributed by atoms with van der Waals surface area (Å²) in [6.07, 6.45) is 5.23. The highest BCUT2D eigenvalue weighted by Crippen LogP contribution is 2.42. The number of nitrogens with zero attached hydrogens (tertiary/aromatic N) is 2. The van der Waals surface area contributed by atoms with Gasteiger partial charge in [0.05, 0.1) is 11.4 Å². The monoisotopic (exact) mass is 392 g/mol. The Hall–Kier alpha value is -1.92. The number of anilines is 1. The van der Waals surface area contributed by atoms with Crippen LogP contribution in [0.2, 0.25) is 0 Å². The average Bonchev–Trinajstić information content (AvgIpc) is 2.95. The van der Waals surface area contributed by atoms with Crippen molar-refractivity contribution in [2.75, 3.05) is 5.32 Å². The predicted octanol–water partition coefficient (Wildman–Crippen LogP) is 3.83. The van der Waals surface area contributed by atoms with Gasteiger partial charge >= 0.3 is 0 Å². The maximum absolute atomic E-state index is 13.2. The number of rotatable bonds is 3. The molecule has 1 aromatic carbocycles. The average molecular weight is 393 g/mol. The molecule has 0 spiro atoms. The highest BCUT2D eigenvalue weighted by atomic mass is 35.5. The minimum Gasteiger partial charge on any atom is -0.327 e. The largest absolute Gasteiger partial charge is 0.327 e. The molecule has 7 heteroatoms. The Kier molecular flexibility index (Phi) is 5.86. The van der Waals surface area contributed by atoms with E-state index < -0.39 is 0 Å². The Bertz CT molecular complexity index is 793. The summed E-state index contributed by atoms with van der Waals surface area (Å²) in [5.74, 6) is 1.29. The smallest absolute Gasteiger partial charge is 0.228 e. The van der Waals surface area contributed by atoms with E-state index in [4.69, 9.17) is 5.73 Å². The van der Waals surface area contributed by atoms with Crippen molar-refractivity contribution in [1.29, 1.82) is 0 Å². The van der Waals surface area contributed by atoms with Crippen LogP contribution in [0, 0.1) is 30.5 Å². The molecule has 1 heterocycles. The molecule has 1 amide bonds. The first-order valence-corrected chi connectivity index (χ1v) is 9.40. The highest BCUT2D eigenvalue weighted by molar-refractivity contribution is 5.92. The fourth-order valence-electron chi connectivity index (χ4n) is 4.60. The van der Waals surface area contributed by atoms with Crippen LogP contribution in [0.15, 0.2) is 30.3 Å². The Balaban J connectivity index is 0.00000210. The van der Waals surface area contributed by atoms with Crippen LogP contribution in [0.5, 0.6) is 0 Å². The molecule has 2 unspecified atom stereocenters. The zero-order valence-electron chi connectivity index (χ0n) is 15.4. The van der Waals surface area contributed by atoms with Gasteiger partial charge in [0.25, 0.3) is 0 Å². The summed E-state index contributed by atoms with van der Waals surface area (Å²) in [5, 5.41) is 7.48. The van der Waals surface area contributed by atoms with Crippen molar-refractivity contribution < 1.29 is 9.18 Å². The second-order valence-electron chi connectivity index (χ2n) is 7.75. The van der Waals surface area contributed by atoms with Gasteiger partial charge in [-0.3, -0.25) is 4.79 Å². The summed E-state index contributed by atoms with van der Waals surface area (Å²) in [4.78, 5) is 12.9. The fourth-order valence-corrected chi connectivity index (χ4v) is 4.60. The van der Waals surface area contributed by atoms with Crippen molar-refractivity contribution in [2.45, 2.75) is 45.1 Å². The van der Waals surface area contributed by atoms with E-state index in [2.05, 4.69) is 10.4 Å². The van der Waals surface area contributed by atoms with E-state index in [0.717, 1.165) is 37.1 Å². The van der Waals surface area contributed by atoms with Gasteiger partial charge in [0.15, 0.2) is 0 Å². The maximum Gasteiger partial charge on any atom is 0.228 e. The van der Waals surface area contributed by atoms with Crippen LogP contribution in [0.25, 0.3) is 5.69 Å². The first kappa shape index (κ1) is 19.8. The Morgan fingerprint density at radius 1 is 1.22 bits per heavy atom. The molecule has 4 rings (SSSR count). The number of fused-ring (bicyclic) bond motifs is 2. The number of aryl methyl sites for hydroxylation is 1. The van der Waals surface area contributed by atoms with Gasteiger partial charge in [0.1, 0.15) is 11.6 Å². The quantitative estimate of drug-likeness (QED) is 0.833. The normalized spacial score (nSPS) is 26.9. The van der Waals surface area contributed by atoms with E-state index in [-0.39, 0.29) is 36.1 Å². The second-order valence-corrected chi connectivity index (χ2v) is 7.75. The van der Waals surface area contributed by atoms with Crippen molar-refractivity contribution >= 4 is 24.1 Å². The van der Waals surface area contributed by atoms with E-state index >= 15 is 0 Å². The van der Waals surface area contributed by atoms with Crippen molar-refractivity contribution in [3.8, 4) is 5.69 Å². The van der Waals surface area contributed by atoms with Crippen molar-refractivity contribution in [3.63, 3.8) is 0 Å². The summed E-state index contributed by atoms with van der Waals surface area (Å²) >= 11 is 0. The fraction of sp³-hybridized carbons (Fsp3) is 0.500. The van der Waals surface area contributed by atoms with Crippen LogP contribution >= 0.6 is 12.4 Å². The summed E-state index contributed by atoms with van der Waals surface area (Å²) in [7, 11) is 0. The van der Waals surface area contributed by atoms with E-state index in [1.54, 1.807) is 16.8 Å². The molecule has 146 valence electrons. The summed E-state index contributed by atoms with van der Waals surface area (Å²) in [6, 6.07) is 8.18. The molecule has 2 atom stereocenters. The minimum absolute atomic E-state index is 0. The van der Waals surface area contributed by atoms with Gasteiger partial charge in [-0.1, -0.05) is 6.42 Å². The van der Waals surface area contributed by atoms with E-state index in [9.17, 15) is 9.18 Å². The van der Waals surface area contributed by atoms with Crippen LogP contribution in [-0.2, 0) is 4.79 Å². The topological polar surface area (TPSA) is 72.9 Å². The van der Waals surface area contributed by atoms with Crippen LogP contribution in [0.4, 0.5) is 10.2 Å². The number of aromatic nitrogens is 2. The number of halogens is 2. The lowest BCUT2D eigenvalue weighted by Gasteiger charge is -2.43. The number of carbonyl (C=O) groups is 1. The van der Waals surface area contributed by atoms with Gasteiger partial charge in [-0.15, -0.1) is 12.4 Å². The van der Waals surface area contributed by atoms with Crippen LogP contribution < -0.4 is 11.1 Å². The molecule has 3 N–H and O–H groups in total. The molecular formula is C20H26ClFN4O. The number of nitrogens with two attached hydrogens (primary N) is 1. The zero-order valence-corrected chi connectivity index (χ0v) is 16.2. The summed E-state index contributed by atoms with van der Waals surface area (Å²) in [6.45, 7) is 1.87. The van der Waals surface area contributed by atoms with Crippen molar-refractivity contribution in [2.24, 2.45) is 23.5 Å². The standard InChI is InChI=1S/C20H25FN4O.ClH/c1-12-9-18(25(24-12)17-7-5-16(21)6-8-17)23-20(26)15-10-13-3-2-4-14(11-15)19(13)22;/h5-9,13-15,19H,2-4,10-11,22H2,1H3,(H,23,26);1H.